The Hall–Kier alpha value is -2.65. The Bertz CT molecular complexity index is 1160. The number of ether oxygens (including phenoxy) is 1. The molecule has 0 radical (unpaired) electrons. The van der Waals surface area contributed by atoms with Crippen molar-refractivity contribution in [3.05, 3.63) is 61.4 Å². The van der Waals surface area contributed by atoms with Gasteiger partial charge in [-0.25, -0.2) is 23.7 Å². The summed E-state index contributed by atoms with van der Waals surface area (Å²) in [5, 5.41) is 4.06. The molecule has 0 fully saturated rings. The number of carbonyl (C=O) groups excluding carboxylic acids is 1. The third-order valence-corrected chi connectivity index (χ3v) is 3.89. The van der Waals surface area contributed by atoms with Crippen LogP contribution < -0.4 is 11.2 Å². The number of fused-ring (bicyclic) bond motifs is 1. The average molecular weight is 412 g/mol. The van der Waals surface area contributed by atoms with E-state index in [-0.39, 0.29) is 17.0 Å². The lowest BCUT2D eigenvalue weighted by Crippen LogP contribution is -2.43. The van der Waals surface area contributed by atoms with E-state index in [1.54, 1.807) is 33.0 Å². The summed E-state index contributed by atoms with van der Waals surface area (Å²) in [7, 11) is 0. The van der Waals surface area contributed by atoms with Crippen LogP contribution in [0.25, 0.3) is 5.52 Å². The molecule has 0 amide bonds. The smallest absolute Gasteiger partial charge is 0.422 e. The summed E-state index contributed by atoms with van der Waals surface area (Å²) in [4.78, 5) is 40.8. The van der Waals surface area contributed by atoms with Gasteiger partial charge in [0.15, 0.2) is 5.15 Å². The second-order valence-electron chi connectivity index (χ2n) is 6.72. The highest BCUT2D eigenvalue weighted by molar-refractivity contribution is 6.34. The van der Waals surface area contributed by atoms with Crippen molar-refractivity contribution in [2.45, 2.75) is 32.9 Å². The highest BCUT2D eigenvalue weighted by Gasteiger charge is 2.20. The molecule has 0 aliphatic carbocycles. The van der Waals surface area contributed by atoms with Crippen molar-refractivity contribution in [2.75, 3.05) is 0 Å². The predicted molar refractivity (Wildman–Crippen MR) is 98.7 cm³/mol. The van der Waals surface area contributed by atoms with E-state index < -0.39 is 22.9 Å². The highest BCUT2D eigenvalue weighted by Crippen LogP contribution is 2.19. The number of aromatic nitrogens is 5. The van der Waals surface area contributed by atoms with Gasteiger partial charge in [0.05, 0.1) is 6.54 Å². The lowest BCUT2D eigenvalue weighted by atomic mass is 10.2. The summed E-state index contributed by atoms with van der Waals surface area (Å²) < 4.78 is 8.22. The standard InChI is InChI=1S/C16H15Cl2N5O4/c1-16(2,3)27-15(26)21-5-4-11(24)22(14(21)25)7-9-6-10-12(17)19-13(18)20-23(10)8-9/h4-6,8H,7H2,1-3H3. The minimum Gasteiger partial charge on any atom is -0.443 e. The largest absolute Gasteiger partial charge is 0.443 e. The van der Waals surface area contributed by atoms with E-state index in [4.69, 9.17) is 27.9 Å². The summed E-state index contributed by atoms with van der Waals surface area (Å²) >= 11 is 11.8. The van der Waals surface area contributed by atoms with Crippen molar-refractivity contribution >= 4 is 34.8 Å². The maximum Gasteiger partial charge on any atom is 0.422 e. The minimum atomic E-state index is -0.871. The Morgan fingerprint density at radius 3 is 2.63 bits per heavy atom. The summed E-state index contributed by atoms with van der Waals surface area (Å²) in [6.07, 6.45) is 1.78. The Morgan fingerprint density at radius 2 is 1.96 bits per heavy atom. The lowest BCUT2D eigenvalue weighted by molar-refractivity contribution is 0.0525. The molecule has 9 nitrogen and oxygen atoms in total. The first-order valence-electron chi connectivity index (χ1n) is 7.81. The van der Waals surface area contributed by atoms with Crippen molar-refractivity contribution in [2.24, 2.45) is 0 Å². The Balaban J connectivity index is 2.01. The van der Waals surface area contributed by atoms with Crippen LogP contribution in [-0.2, 0) is 11.3 Å². The fourth-order valence-electron chi connectivity index (χ4n) is 2.37. The molecule has 0 aliphatic heterocycles. The average Bonchev–Trinajstić information content (AvgIpc) is 2.92. The Labute approximate surface area is 162 Å². The third kappa shape index (κ3) is 4.04. The maximum atomic E-state index is 12.6. The van der Waals surface area contributed by atoms with Crippen LogP contribution in [0, 0.1) is 0 Å². The number of hydrogen-bond donors (Lipinski definition) is 0. The molecule has 0 saturated heterocycles. The molecule has 11 heteroatoms. The topological polar surface area (TPSA) is 100 Å². The highest BCUT2D eigenvalue weighted by atomic mass is 35.5. The molecule has 27 heavy (non-hydrogen) atoms. The van der Waals surface area contributed by atoms with E-state index >= 15 is 0 Å². The Morgan fingerprint density at radius 1 is 1.26 bits per heavy atom. The van der Waals surface area contributed by atoms with Gasteiger partial charge in [-0.2, -0.15) is 0 Å². The molecule has 0 bridgehead atoms. The zero-order valence-electron chi connectivity index (χ0n) is 14.6. The summed E-state index contributed by atoms with van der Waals surface area (Å²) in [6, 6.07) is 2.74. The van der Waals surface area contributed by atoms with Gasteiger partial charge in [0.1, 0.15) is 11.1 Å². The van der Waals surface area contributed by atoms with Gasteiger partial charge in [0.2, 0.25) is 5.28 Å². The van der Waals surface area contributed by atoms with E-state index in [0.29, 0.717) is 11.1 Å². The van der Waals surface area contributed by atoms with Gasteiger partial charge < -0.3 is 4.74 Å². The molecular weight excluding hydrogens is 397 g/mol. The maximum absolute atomic E-state index is 12.6. The van der Waals surface area contributed by atoms with E-state index in [2.05, 4.69) is 10.1 Å². The molecule has 3 heterocycles. The fraction of sp³-hybridized carbons (Fsp3) is 0.312. The van der Waals surface area contributed by atoms with Crippen LogP contribution in [0.4, 0.5) is 4.79 Å². The minimum absolute atomic E-state index is 0.0428. The van der Waals surface area contributed by atoms with Crippen LogP contribution >= 0.6 is 23.2 Å². The molecule has 3 aromatic rings. The molecule has 3 rings (SSSR count). The molecule has 0 N–H and O–H groups in total. The second kappa shape index (κ2) is 6.82. The lowest BCUT2D eigenvalue weighted by Gasteiger charge is -2.19. The van der Waals surface area contributed by atoms with Gasteiger partial charge in [-0.05, 0) is 44.0 Å². The first-order chi connectivity index (χ1) is 12.5. The molecule has 0 aromatic carbocycles. The zero-order valence-corrected chi connectivity index (χ0v) is 16.2. The number of rotatable bonds is 2. The van der Waals surface area contributed by atoms with Crippen molar-refractivity contribution in [3.8, 4) is 0 Å². The molecule has 0 aliphatic rings. The van der Waals surface area contributed by atoms with Crippen molar-refractivity contribution in [1.29, 1.82) is 0 Å². The van der Waals surface area contributed by atoms with Gasteiger partial charge in [0, 0.05) is 18.5 Å². The quantitative estimate of drug-likeness (QED) is 0.640. The van der Waals surface area contributed by atoms with Gasteiger partial charge in [-0.15, -0.1) is 5.10 Å². The van der Waals surface area contributed by atoms with E-state index in [0.717, 1.165) is 21.4 Å². The van der Waals surface area contributed by atoms with E-state index in [1.165, 1.54) is 4.52 Å². The van der Waals surface area contributed by atoms with Crippen molar-refractivity contribution < 1.29 is 9.53 Å². The molecule has 3 aromatic heterocycles. The second-order valence-corrected chi connectivity index (χ2v) is 7.42. The fourth-order valence-corrected chi connectivity index (χ4v) is 2.80. The van der Waals surface area contributed by atoms with Crippen LogP contribution in [0.5, 0.6) is 0 Å². The van der Waals surface area contributed by atoms with Gasteiger partial charge >= 0.3 is 11.8 Å². The first kappa shape index (κ1) is 19.1. The van der Waals surface area contributed by atoms with Crippen LogP contribution in [0.1, 0.15) is 26.3 Å². The van der Waals surface area contributed by atoms with E-state index in [9.17, 15) is 14.4 Å². The molecular formula is C16H15Cl2N5O4. The normalized spacial score (nSPS) is 11.7. The van der Waals surface area contributed by atoms with Crippen molar-refractivity contribution in [1.82, 2.24) is 23.7 Å². The third-order valence-electron chi connectivity index (χ3n) is 3.45. The molecule has 0 unspecified atom stereocenters. The van der Waals surface area contributed by atoms with Gasteiger partial charge in [-0.3, -0.25) is 9.36 Å². The zero-order chi connectivity index (χ0) is 19.9. The summed E-state index contributed by atoms with van der Waals surface area (Å²) in [6.45, 7) is 4.93. The van der Waals surface area contributed by atoms with E-state index in [1.807, 2.05) is 0 Å². The molecule has 0 spiro atoms. The van der Waals surface area contributed by atoms with Crippen LogP contribution in [0.15, 0.2) is 34.1 Å². The summed E-state index contributed by atoms with van der Waals surface area (Å²) in [5.41, 5.74) is -1.15. The summed E-state index contributed by atoms with van der Waals surface area (Å²) in [5.74, 6) is 0. The number of halogens is 2. The number of nitrogens with zero attached hydrogens (tertiary/aromatic N) is 5. The number of hydrogen-bond acceptors (Lipinski definition) is 6. The molecule has 0 saturated carbocycles. The Kier molecular flexibility index (Phi) is 4.83. The first-order valence-corrected chi connectivity index (χ1v) is 8.57. The number of carbonyl (C=O) groups is 1. The SMILES string of the molecule is CC(C)(C)OC(=O)n1ccc(=O)n(Cc2cc3c(Cl)nc(Cl)nn3c2)c1=O. The monoisotopic (exact) mass is 411 g/mol. The van der Waals surface area contributed by atoms with Crippen LogP contribution in [0.2, 0.25) is 10.4 Å². The van der Waals surface area contributed by atoms with Crippen LogP contribution in [-0.4, -0.2) is 35.4 Å². The molecule has 0 atom stereocenters. The van der Waals surface area contributed by atoms with Crippen molar-refractivity contribution in [3.63, 3.8) is 0 Å². The van der Waals surface area contributed by atoms with Crippen LogP contribution in [0.3, 0.4) is 0 Å². The van der Waals surface area contributed by atoms with Gasteiger partial charge in [0.25, 0.3) is 5.56 Å². The molecule has 142 valence electrons. The van der Waals surface area contributed by atoms with Gasteiger partial charge in [-0.1, -0.05) is 11.6 Å². The predicted octanol–water partition coefficient (Wildman–Crippen LogP) is 2.19.